The molecule has 0 atom stereocenters. The van der Waals surface area contributed by atoms with Crippen LogP contribution in [0.4, 0.5) is 5.69 Å². The summed E-state index contributed by atoms with van der Waals surface area (Å²) in [4.78, 5) is 20.7. The van der Waals surface area contributed by atoms with Crippen molar-refractivity contribution in [1.29, 1.82) is 0 Å². The summed E-state index contributed by atoms with van der Waals surface area (Å²) in [6.45, 7) is 0. The molecule has 0 aromatic heterocycles. The number of benzene rings is 2. The molecule has 2 aromatic rings. The van der Waals surface area contributed by atoms with Gasteiger partial charge in [-0.05, 0) is 18.2 Å². The fraction of sp³-hybridized carbons (Fsp3) is 0. The Labute approximate surface area is 132 Å². The minimum Gasteiger partial charge on any atom is -0.545 e. The third-order valence-corrected chi connectivity index (χ3v) is 2.24. The Morgan fingerprint density at radius 3 is 1.75 bits per heavy atom. The van der Waals surface area contributed by atoms with E-state index in [4.69, 9.17) is 11.5 Å². The van der Waals surface area contributed by atoms with Crippen LogP contribution in [-0.2, 0) is 22.4 Å². The number of carbonyl (C=O) groups is 2. The molecule has 2 rings (SSSR count). The van der Waals surface area contributed by atoms with Crippen molar-refractivity contribution in [3.8, 4) is 0 Å². The van der Waals surface area contributed by atoms with Crippen molar-refractivity contribution in [3.63, 3.8) is 0 Å². The Morgan fingerprint density at radius 1 is 0.900 bits per heavy atom. The fourth-order valence-corrected chi connectivity index (χ4v) is 1.29. The summed E-state index contributed by atoms with van der Waals surface area (Å²) in [5.74, 6) is -1.62. The van der Waals surface area contributed by atoms with Gasteiger partial charge in [0.2, 0.25) is 5.91 Å². The molecule has 0 aliphatic heterocycles. The van der Waals surface area contributed by atoms with E-state index >= 15 is 0 Å². The Morgan fingerprint density at radius 2 is 1.40 bits per heavy atom. The molecule has 0 unspecified atom stereocenters. The first-order valence-corrected chi connectivity index (χ1v) is 5.43. The average molecular weight is 365 g/mol. The van der Waals surface area contributed by atoms with Gasteiger partial charge < -0.3 is 21.4 Å². The van der Waals surface area contributed by atoms with Gasteiger partial charge >= 0.3 is 22.4 Å². The second kappa shape index (κ2) is 8.93. The topological polar surface area (TPSA) is 109 Å². The first-order chi connectivity index (χ1) is 9.02. The summed E-state index contributed by atoms with van der Waals surface area (Å²) >= 11 is 0. The molecular weight excluding hydrogens is 352 g/mol. The second-order valence-corrected chi connectivity index (χ2v) is 3.60. The van der Waals surface area contributed by atoms with E-state index in [1.54, 1.807) is 36.4 Å². The fourth-order valence-electron chi connectivity index (χ4n) is 1.29. The Hall–Kier alpha value is -2.08. The van der Waals surface area contributed by atoms with Crippen LogP contribution in [-0.4, -0.2) is 11.9 Å². The van der Waals surface area contributed by atoms with Gasteiger partial charge in [0, 0.05) is 16.8 Å². The molecular formula is C14H13AgN2O3. The number of para-hydroxylation sites is 1. The number of carboxylic acids is 1. The monoisotopic (exact) mass is 364 g/mol. The van der Waals surface area contributed by atoms with Crippen molar-refractivity contribution in [2.75, 3.05) is 5.73 Å². The van der Waals surface area contributed by atoms with Crippen LogP contribution >= 0.6 is 0 Å². The molecule has 2 aromatic carbocycles. The van der Waals surface area contributed by atoms with Gasteiger partial charge in [0.25, 0.3) is 0 Å². The van der Waals surface area contributed by atoms with E-state index in [0.717, 1.165) is 0 Å². The van der Waals surface area contributed by atoms with Crippen LogP contribution < -0.4 is 16.6 Å². The van der Waals surface area contributed by atoms with Crippen LogP contribution in [0.25, 0.3) is 0 Å². The summed E-state index contributed by atoms with van der Waals surface area (Å²) in [6.07, 6.45) is 0. The van der Waals surface area contributed by atoms with E-state index in [1.807, 2.05) is 6.07 Å². The van der Waals surface area contributed by atoms with E-state index in [9.17, 15) is 14.7 Å². The summed E-state index contributed by atoms with van der Waals surface area (Å²) in [6, 6.07) is 15.0. The summed E-state index contributed by atoms with van der Waals surface area (Å²) in [5, 5.41) is 10.2. The normalized spacial score (nSPS) is 8.60. The third kappa shape index (κ3) is 5.71. The molecule has 0 saturated carbocycles. The summed E-state index contributed by atoms with van der Waals surface area (Å²) in [7, 11) is 0. The predicted molar refractivity (Wildman–Crippen MR) is 70.1 cm³/mol. The van der Waals surface area contributed by atoms with Gasteiger partial charge in [-0.1, -0.05) is 36.4 Å². The second-order valence-electron chi connectivity index (χ2n) is 3.60. The number of nitrogen functional groups attached to an aromatic ring is 1. The molecule has 0 fully saturated rings. The zero-order valence-corrected chi connectivity index (χ0v) is 11.9. The average Bonchev–Trinajstić information content (AvgIpc) is 2.40. The number of hydrogen-bond acceptors (Lipinski definition) is 4. The molecule has 4 N–H and O–H groups in total. The van der Waals surface area contributed by atoms with Crippen molar-refractivity contribution >= 4 is 17.6 Å². The SMILES string of the molecule is NC(=O)c1ccccc1.Nc1ccccc1C(=O)[O-].[Ag+]. The van der Waals surface area contributed by atoms with Gasteiger partial charge in [0.15, 0.2) is 0 Å². The number of aromatic carboxylic acids is 1. The van der Waals surface area contributed by atoms with Crippen LogP contribution in [0.15, 0.2) is 54.6 Å². The zero-order chi connectivity index (χ0) is 14.3. The molecule has 5 nitrogen and oxygen atoms in total. The maximum atomic E-state index is 10.4. The number of carboxylic acid groups (broad SMARTS) is 1. The van der Waals surface area contributed by atoms with Crippen molar-refractivity contribution in [2.45, 2.75) is 0 Å². The first-order valence-electron chi connectivity index (χ1n) is 5.43. The molecule has 1 amide bonds. The number of rotatable bonds is 2. The molecule has 0 radical (unpaired) electrons. The first kappa shape index (κ1) is 17.9. The van der Waals surface area contributed by atoms with Gasteiger partial charge in [0.05, 0.1) is 5.97 Å². The minimum absolute atomic E-state index is 0. The number of hydrogen-bond donors (Lipinski definition) is 2. The molecule has 108 valence electrons. The van der Waals surface area contributed by atoms with E-state index in [-0.39, 0.29) is 39.5 Å². The Balaban J connectivity index is 0.000000345. The van der Waals surface area contributed by atoms with Crippen molar-refractivity contribution in [2.24, 2.45) is 5.73 Å². The maximum Gasteiger partial charge on any atom is 1.00 e. The van der Waals surface area contributed by atoms with Crippen LogP contribution in [0.5, 0.6) is 0 Å². The standard InChI is InChI=1S/C7H7NO2.C7H7NO.Ag/c8-6-4-2-1-3-5(6)7(9)10;8-7(9)6-4-2-1-3-5-6;/h1-4H,8H2,(H,9,10);1-5H,(H2,8,9);/q;;+1/p-1. The third-order valence-electron chi connectivity index (χ3n) is 2.24. The maximum absolute atomic E-state index is 10.4. The van der Waals surface area contributed by atoms with Crippen LogP contribution in [0, 0.1) is 0 Å². The number of carbonyl (C=O) groups excluding carboxylic acids is 2. The van der Waals surface area contributed by atoms with Gasteiger partial charge in [-0.15, -0.1) is 0 Å². The van der Waals surface area contributed by atoms with Gasteiger partial charge in [0.1, 0.15) is 0 Å². The number of amides is 1. The summed E-state index contributed by atoms with van der Waals surface area (Å²) < 4.78 is 0. The van der Waals surface area contributed by atoms with Crippen molar-refractivity contribution < 1.29 is 37.1 Å². The van der Waals surface area contributed by atoms with Crippen molar-refractivity contribution in [1.82, 2.24) is 0 Å². The van der Waals surface area contributed by atoms with Gasteiger partial charge in [-0.25, -0.2) is 0 Å². The van der Waals surface area contributed by atoms with Crippen LogP contribution in [0.2, 0.25) is 0 Å². The molecule has 6 heteroatoms. The quantitative estimate of drug-likeness (QED) is 0.594. The van der Waals surface area contributed by atoms with E-state index in [1.165, 1.54) is 12.1 Å². The molecule has 0 saturated heterocycles. The van der Waals surface area contributed by atoms with Crippen LogP contribution in [0.3, 0.4) is 0 Å². The minimum atomic E-state index is -1.24. The van der Waals surface area contributed by atoms with E-state index in [0.29, 0.717) is 5.56 Å². The Kier molecular flexibility index (Phi) is 8.00. The molecule has 20 heavy (non-hydrogen) atoms. The number of nitrogens with two attached hydrogens (primary N) is 2. The van der Waals surface area contributed by atoms with E-state index < -0.39 is 5.97 Å². The molecule has 0 bridgehead atoms. The number of anilines is 1. The predicted octanol–water partition coefficient (Wildman–Crippen LogP) is 0.415. The largest absolute Gasteiger partial charge is 1.00 e. The van der Waals surface area contributed by atoms with E-state index in [2.05, 4.69) is 0 Å². The van der Waals surface area contributed by atoms with Crippen molar-refractivity contribution in [3.05, 3.63) is 65.7 Å². The zero-order valence-electron chi connectivity index (χ0n) is 10.4. The molecule has 0 aliphatic carbocycles. The number of primary amides is 1. The molecule has 0 spiro atoms. The summed E-state index contributed by atoms with van der Waals surface area (Å²) in [5.41, 5.74) is 11.1. The smallest absolute Gasteiger partial charge is 0.545 e. The molecule has 0 heterocycles. The van der Waals surface area contributed by atoms with Gasteiger partial charge in [-0.3, -0.25) is 4.79 Å². The Bertz CT molecular complexity index is 574. The van der Waals surface area contributed by atoms with Gasteiger partial charge in [-0.2, -0.15) is 0 Å². The molecule has 0 aliphatic rings. The van der Waals surface area contributed by atoms with Crippen LogP contribution in [0.1, 0.15) is 20.7 Å².